The van der Waals surface area contributed by atoms with E-state index in [1.165, 1.54) is 6.92 Å². The molecule has 9 nitrogen and oxygen atoms in total. The summed E-state index contributed by atoms with van der Waals surface area (Å²) in [5.74, 6) is -2.77. The Kier molecular flexibility index (Phi) is 6.22. The van der Waals surface area contributed by atoms with Gasteiger partial charge in [-0.05, 0) is 31.6 Å². The van der Waals surface area contributed by atoms with Crippen LogP contribution < -0.4 is 16.4 Å². The Labute approximate surface area is 152 Å². The number of carboxylic acids is 1. The number of carbonyl (C=O) groups is 4. The lowest BCUT2D eigenvalue weighted by atomic mass is 9.83. The molecule has 2 amide bonds. The molecule has 7 atom stereocenters. The minimum Gasteiger partial charge on any atom is -0.480 e. The molecular formula is C17H27N3O6. The first kappa shape index (κ1) is 20.2. The van der Waals surface area contributed by atoms with Crippen molar-refractivity contribution in [2.45, 2.75) is 64.3 Å². The summed E-state index contributed by atoms with van der Waals surface area (Å²) in [4.78, 5) is 46.8. The zero-order valence-corrected chi connectivity index (χ0v) is 15.2. The normalized spacial score (nSPS) is 30.2. The number of rotatable bonds is 9. The molecule has 2 fully saturated rings. The lowest BCUT2D eigenvalue weighted by Gasteiger charge is -2.37. The molecule has 0 radical (unpaired) electrons. The fourth-order valence-electron chi connectivity index (χ4n) is 3.11. The van der Waals surface area contributed by atoms with E-state index in [2.05, 4.69) is 10.6 Å². The number of carboxylic acid groups (broad SMARTS) is 1. The molecule has 1 aliphatic heterocycles. The van der Waals surface area contributed by atoms with E-state index in [0.29, 0.717) is 6.42 Å². The largest absolute Gasteiger partial charge is 0.480 e. The second kappa shape index (κ2) is 8.03. The second-order valence-electron chi connectivity index (χ2n) is 7.30. The molecule has 5 N–H and O–H groups in total. The number of nitrogens with one attached hydrogen (secondary N) is 2. The van der Waals surface area contributed by atoms with Gasteiger partial charge in [-0.15, -0.1) is 0 Å². The van der Waals surface area contributed by atoms with E-state index in [-0.39, 0.29) is 36.2 Å². The van der Waals surface area contributed by atoms with Gasteiger partial charge in [0.1, 0.15) is 12.0 Å². The Morgan fingerprint density at radius 3 is 2.50 bits per heavy atom. The number of hydrogen-bond donors (Lipinski definition) is 4. The monoisotopic (exact) mass is 369 g/mol. The molecule has 1 aliphatic carbocycles. The molecule has 146 valence electrons. The van der Waals surface area contributed by atoms with Crippen molar-refractivity contribution in [1.29, 1.82) is 0 Å². The minimum atomic E-state index is -1.14. The van der Waals surface area contributed by atoms with E-state index in [9.17, 15) is 24.3 Å². The molecule has 2 rings (SSSR count). The molecular weight excluding hydrogens is 342 g/mol. The standard InChI is InChI=1S/C17H27N3O6/c1-4-7(2)12-13(26-17(12)25)15(22)19-10-5-9(10)6-11(16(23)24)20-14(21)8(3)18/h7-13H,4-6,18H2,1-3H3,(H,19,22)(H,20,21)(H,23,24)/t7-,8+,9-,10?,11+,12-,13+/m0/s1. The number of amides is 2. The average molecular weight is 369 g/mol. The van der Waals surface area contributed by atoms with Gasteiger partial charge in [-0.1, -0.05) is 20.3 Å². The van der Waals surface area contributed by atoms with Crippen molar-refractivity contribution in [2.24, 2.45) is 23.5 Å². The van der Waals surface area contributed by atoms with Crippen molar-refractivity contribution in [3.63, 3.8) is 0 Å². The third kappa shape index (κ3) is 4.51. The van der Waals surface area contributed by atoms with Crippen LogP contribution in [0.1, 0.15) is 40.0 Å². The molecule has 2 aliphatic rings. The van der Waals surface area contributed by atoms with Gasteiger partial charge in [0.15, 0.2) is 6.10 Å². The van der Waals surface area contributed by atoms with Crippen LogP contribution in [0.15, 0.2) is 0 Å². The van der Waals surface area contributed by atoms with Crippen molar-refractivity contribution in [3.8, 4) is 0 Å². The van der Waals surface area contributed by atoms with Gasteiger partial charge in [-0.25, -0.2) is 4.79 Å². The van der Waals surface area contributed by atoms with Crippen molar-refractivity contribution in [2.75, 3.05) is 0 Å². The highest BCUT2D eigenvalue weighted by molar-refractivity contribution is 5.94. The van der Waals surface area contributed by atoms with Crippen molar-refractivity contribution < 1.29 is 29.0 Å². The Morgan fingerprint density at radius 2 is 2.00 bits per heavy atom. The van der Waals surface area contributed by atoms with E-state index in [1.807, 2.05) is 13.8 Å². The first-order chi connectivity index (χ1) is 12.1. The van der Waals surface area contributed by atoms with E-state index in [0.717, 1.165) is 6.42 Å². The zero-order valence-electron chi connectivity index (χ0n) is 15.2. The predicted molar refractivity (Wildman–Crippen MR) is 90.7 cm³/mol. The number of carbonyl (C=O) groups excluding carboxylic acids is 3. The molecule has 0 bridgehead atoms. The Hall–Kier alpha value is -2.16. The number of cyclic esters (lactones) is 1. The maximum absolute atomic E-state index is 12.3. The lowest BCUT2D eigenvalue weighted by molar-refractivity contribution is -0.193. The van der Waals surface area contributed by atoms with Crippen LogP contribution in [0.4, 0.5) is 0 Å². The summed E-state index contributed by atoms with van der Waals surface area (Å²) in [6, 6.07) is -2.01. The number of ether oxygens (including phenoxy) is 1. The first-order valence-corrected chi connectivity index (χ1v) is 8.95. The third-order valence-corrected chi connectivity index (χ3v) is 5.17. The molecule has 0 aromatic heterocycles. The summed E-state index contributed by atoms with van der Waals surface area (Å²) in [5, 5.41) is 14.4. The summed E-state index contributed by atoms with van der Waals surface area (Å²) in [6.07, 6.45) is 0.831. The van der Waals surface area contributed by atoms with Crippen molar-refractivity contribution in [1.82, 2.24) is 10.6 Å². The van der Waals surface area contributed by atoms with Crippen LogP contribution in [0, 0.1) is 17.8 Å². The van der Waals surface area contributed by atoms with Gasteiger partial charge in [0.2, 0.25) is 5.91 Å². The number of hydrogen-bond acceptors (Lipinski definition) is 6. The molecule has 0 spiro atoms. The van der Waals surface area contributed by atoms with Gasteiger partial charge in [-0.3, -0.25) is 14.4 Å². The smallest absolute Gasteiger partial charge is 0.326 e. The summed E-state index contributed by atoms with van der Waals surface area (Å²) in [5.41, 5.74) is 5.44. The molecule has 1 saturated carbocycles. The molecule has 0 aromatic carbocycles. The second-order valence-corrected chi connectivity index (χ2v) is 7.30. The molecule has 1 saturated heterocycles. The maximum Gasteiger partial charge on any atom is 0.326 e. The number of nitrogens with two attached hydrogens (primary N) is 1. The lowest BCUT2D eigenvalue weighted by Crippen LogP contribution is -2.56. The maximum atomic E-state index is 12.3. The number of esters is 1. The molecule has 1 heterocycles. The summed E-state index contributed by atoms with van der Waals surface area (Å²) in [6.45, 7) is 5.33. The highest BCUT2D eigenvalue weighted by atomic mass is 16.6. The molecule has 1 unspecified atom stereocenters. The Balaban J connectivity index is 1.82. The van der Waals surface area contributed by atoms with Gasteiger partial charge >= 0.3 is 11.9 Å². The zero-order chi connectivity index (χ0) is 19.6. The van der Waals surface area contributed by atoms with Crippen LogP contribution in [0.5, 0.6) is 0 Å². The third-order valence-electron chi connectivity index (χ3n) is 5.17. The van der Waals surface area contributed by atoms with Gasteiger partial charge in [0.05, 0.1) is 6.04 Å². The highest BCUT2D eigenvalue weighted by Crippen LogP contribution is 2.37. The van der Waals surface area contributed by atoms with Crippen LogP contribution in [0.25, 0.3) is 0 Å². The number of aliphatic carboxylic acids is 1. The van der Waals surface area contributed by atoms with E-state index in [4.69, 9.17) is 10.5 Å². The van der Waals surface area contributed by atoms with Crippen LogP contribution in [0.2, 0.25) is 0 Å². The van der Waals surface area contributed by atoms with Gasteiger partial charge in [-0.2, -0.15) is 0 Å². The Bertz CT molecular complexity index is 593. The quantitative estimate of drug-likeness (QED) is 0.396. The van der Waals surface area contributed by atoms with Crippen LogP contribution in [-0.2, 0) is 23.9 Å². The van der Waals surface area contributed by atoms with Crippen LogP contribution in [0.3, 0.4) is 0 Å². The molecule has 9 heteroatoms. The molecule has 0 aromatic rings. The fraction of sp³-hybridized carbons (Fsp3) is 0.765. The minimum absolute atomic E-state index is 0.0498. The van der Waals surface area contributed by atoms with E-state index >= 15 is 0 Å². The Morgan fingerprint density at radius 1 is 1.35 bits per heavy atom. The predicted octanol–water partition coefficient (Wildman–Crippen LogP) is -0.614. The van der Waals surface area contributed by atoms with E-state index < -0.39 is 36.0 Å². The van der Waals surface area contributed by atoms with Crippen molar-refractivity contribution >= 4 is 23.8 Å². The van der Waals surface area contributed by atoms with Crippen LogP contribution >= 0.6 is 0 Å². The summed E-state index contributed by atoms with van der Waals surface area (Å²) < 4.78 is 4.98. The topological polar surface area (TPSA) is 148 Å². The van der Waals surface area contributed by atoms with Gasteiger partial charge < -0.3 is 26.2 Å². The highest BCUT2D eigenvalue weighted by Gasteiger charge is 2.51. The van der Waals surface area contributed by atoms with Crippen molar-refractivity contribution in [3.05, 3.63) is 0 Å². The fourth-order valence-corrected chi connectivity index (χ4v) is 3.11. The van der Waals surface area contributed by atoms with Crippen LogP contribution in [-0.4, -0.2) is 53.1 Å². The summed E-state index contributed by atoms with van der Waals surface area (Å²) >= 11 is 0. The molecule has 26 heavy (non-hydrogen) atoms. The average Bonchev–Trinajstić information content (AvgIpc) is 3.28. The first-order valence-electron chi connectivity index (χ1n) is 8.95. The SMILES string of the molecule is CC[C@H](C)[C@@H]1C(=O)O[C@H]1C(=O)NC1C[C@H]1C[C@@H](NC(=O)[C@@H](C)N)C(=O)O. The van der Waals surface area contributed by atoms with E-state index in [1.54, 1.807) is 0 Å². The van der Waals surface area contributed by atoms with Gasteiger partial charge in [0.25, 0.3) is 5.91 Å². The van der Waals surface area contributed by atoms with Gasteiger partial charge in [0, 0.05) is 6.04 Å². The summed E-state index contributed by atoms with van der Waals surface area (Å²) in [7, 11) is 0.